The van der Waals surface area contributed by atoms with Gasteiger partial charge in [0.25, 0.3) is 5.91 Å². The Kier molecular flexibility index (Phi) is 9.18. The van der Waals surface area contributed by atoms with Crippen LogP contribution in [0.5, 0.6) is 0 Å². The average Bonchev–Trinajstić information content (AvgIpc) is 3.33. The van der Waals surface area contributed by atoms with Gasteiger partial charge in [0.1, 0.15) is 5.82 Å². The van der Waals surface area contributed by atoms with Gasteiger partial charge in [0.2, 0.25) is 5.91 Å². The number of nitrogens with one attached hydrogen (secondary N) is 2. The number of nitrogens with zero attached hydrogens (tertiary/aromatic N) is 2. The molecule has 3 fully saturated rings. The van der Waals surface area contributed by atoms with Crippen LogP contribution in [0.3, 0.4) is 0 Å². The number of likely N-dealkylation sites (tertiary alicyclic amines) is 1. The Balaban J connectivity index is 1.21. The molecule has 1 aromatic heterocycles. The van der Waals surface area contributed by atoms with Gasteiger partial charge in [-0.3, -0.25) is 9.59 Å². The zero-order valence-corrected chi connectivity index (χ0v) is 20.4. The highest BCUT2D eigenvalue weighted by Crippen LogP contribution is 2.28. The van der Waals surface area contributed by atoms with Gasteiger partial charge in [-0.15, -0.1) is 0 Å². The Morgan fingerprint density at radius 2 is 2.00 bits per heavy atom. The van der Waals surface area contributed by atoms with Crippen LogP contribution in [0.4, 0.5) is 5.82 Å². The van der Waals surface area contributed by atoms with E-state index in [9.17, 15) is 9.59 Å². The Labute approximate surface area is 206 Å². The molecule has 0 aromatic carbocycles. The van der Waals surface area contributed by atoms with Crippen molar-refractivity contribution < 1.29 is 19.2 Å². The van der Waals surface area contributed by atoms with Crippen LogP contribution in [0.15, 0.2) is 18.3 Å². The first kappa shape index (κ1) is 24.9. The molecule has 3 aliphatic rings. The maximum absolute atomic E-state index is 12.7. The van der Waals surface area contributed by atoms with Gasteiger partial charge in [0.15, 0.2) is 6.29 Å². The quantitative estimate of drug-likeness (QED) is 0.416. The normalized spacial score (nSPS) is 23.9. The van der Waals surface area contributed by atoms with Crippen molar-refractivity contribution in [2.24, 2.45) is 5.92 Å². The second-order valence-electron chi connectivity index (χ2n) is 9.49. The summed E-state index contributed by atoms with van der Waals surface area (Å²) in [5, 5.41) is 3.85. The highest BCUT2D eigenvalue weighted by Gasteiger charge is 2.28. The lowest BCUT2D eigenvalue weighted by Crippen LogP contribution is -2.33. The van der Waals surface area contributed by atoms with E-state index in [4.69, 9.17) is 21.2 Å². The number of carbonyl (C=O) groups excluding carboxylic acids is 2. The summed E-state index contributed by atoms with van der Waals surface area (Å²) in [6.45, 7) is 2.09. The first-order valence-corrected chi connectivity index (χ1v) is 12.9. The smallest absolute Gasteiger partial charge is 0.267 e. The number of hydroxylamine groups is 1. The van der Waals surface area contributed by atoms with Crippen molar-refractivity contribution in [2.75, 3.05) is 25.0 Å². The zero-order valence-electron chi connectivity index (χ0n) is 19.6. The number of pyridine rings is 1. The molecule has 8 nitrogen and oxygen atoms in total. The van der Waals surface area contributed by atoms with Crippen molar-refractivity contribution in [1.29, 1.82) is 0 Å². The fourth-order valence-electron chi connectivity index (χ4n) is 4.85. The van der Waals surface area contributed by atoms with Crippen molar-refractivity contribution in [3.8, 4) is 0 Å². The van der Waals surface area contributed by atoms with Gasteiger partial charge in [-0.25, -0.2) is 15.3 Å². The van der Waals surface area contributed by atoms with Crippen LogP contribution >= 0.6 is 11.6 Å². The Bertz CT molecular complexity index is 868. The van der Waals surface area contributed by atoms with Gasteiger partial charge in [0.05, 0.1) is 5.02 Å². The maximum Gasteiger partial charge on any atom is 0.267 e. The Morgan fingerprint density at radius 3 is 2.76 bits per heavy atom. The third-order valence-corrected chi connectivity index (χ3v) is 7.08. The number of carbonyl (C=O) groups is 2. The van der Waals surface area contributed by atoms with Gasteiger partial charge in [-0.1, -0.05) is 30.9 Å². The van der Waals surface area contributed by atoms with E-state index >= 15 is 0 Å². The number of ether oxygens (including phenoxy) is 1. The maximum atomic E-state index is 12.7. The summed E-state index contributed by atoms with van der Waals surface area (Å²) in [5.74, 6) is 1.04. The number of halogens is 1. The predicted molar refractivity (Wildman–Crippen MR) is 131 cm³/mol. The van der Waals surface area contributed by atoms with E-state index in [-0.39, 0.29) is 24.1 Å². The number of rotatable bonds is 8. The number of anilines is 1. The topological polar surface area (TPSA) is 92.8 Å². The van der Waals surface area contributed by atoms with Crippen molar-refractivity contribution in [2.45, 2.75) is 76.5 Å². The van der Waals surface area contributed by atoms with Gasteiger partial charge in [-0.2, -0.15) is 0 Å². The molecule has 1 saturated carbocycles. The van der Waals surface area contributed by atoms with Gasteiger partial charge in [0, 0.05) is 50.9 Å². The zero-order chi connectivity index (χ0) is 23.8. The molecule has 34 heavy (non-hydrogen) atoms. The van der Waals surface area contributed by atoms with Gasteiger partial charge >= 0.3 is 0 Å². The fourth-order valence-corrected chi connectivity index (χ4v) is 5.08. The van der Waals surface area contributed by atoms with E-state index < -0.39 is 0 Å². The minimum absolute atomic E-state index is 0.131. The Hall–Kier alpha value is -2.16. The Morgan fingerprint density at radius 1 is 1.18 bits per heavy atom. The molecule has 1 unspecified atom stereocenters. The van der Waals surface area contributed by atoms with E-state index in [2.05, 4.69) is 15.8 Å². The van der Waals surface area contributed by atoms with Crippen LogP contribution in [0, 0.1) is 5.92 Å². The second-order valence-corrected chi connectivity index (χ2v) is 9.90. The molecular weight excluding hydrogens is 456 g/mol. The second kappa shape index (κ2) is 12.5. The lowest BCUT2D eigenvalue weighted by Gasteiger charge is -2.24. The van der Waals surface area contributed by atoms with E-state index in [1.165, 1.54) is 38.2 Å². The first-order chi connectivity index (χ1) is 16.6. The highest BCUT2D eigenvalue weighted by atomic mass is 35.5. The molecule has 2 amide bonds. The van der Waals surface area contributed by atoms with Crippen molar-refractivity contribution >= 4 is 35.3 Å². The molecule has 2 aliphatic heterocycles. The van der Waals surface area contributed by atoms with Crippen molar-refractivity contribution in [3.05, 3.63) is 28.9 Å². The van der Waals surface area contributed by atoms with E-state index in [0.29, 0.717) is 41.9 Å². The van der Waals surface area contributed by atoms with Crippen LogP contribution in [0.2, 0.25) is 5.02 Å². The molecule has 9 heteroatoms. The summed E-state index contributed by atoms with van der Waals surface area (Å²) in [6, 6.07) is 1.89. The monoisotopic (exact) mass is 490 g/mol. The molecule has 2 N–H and O–H groups in total. The summed E-state index contributed by atoms with van der Waals surface area (Å²) >= 11 is 6.43. The molecule has 1 aromatic rings. The summed E-state index contributed by atoms with van der Waals surface area (Å²) in [6.07, 6.45) is 14.8. The first-order valence-electron chi connectivity index (χ1n) is 12.5. The SMILES string of the molecule is O=C(/C=C/c1cnc(N[C@@H]2CCN(C(=O)CC3CCCCC3)C2)c(Cl)c1)NOC1CCCCO1. The molecule has 4 rings (SSSR count). The lowest BCUT2D eigenvalue weighted by atomic mass is 9.87. The van der Waals surface area contributed by atoms with E-state index in [1.807, 2.05) is 4.90 Å². The van der Waals surface area contributed by atoms with E-state index in [1.54, 1.807) is 18.3 Å². The molecule has 2 atom stereocenters. The minimum Gasteiger partial charge on any atom is -0.364 e. The van der Waals surface area contributed by atoms with Crippen LogP contribution in [0.25, 0.3) is 6.08 Å². The average molecular weight is 491 g/mol. The predicted octanol–water partition coefficient (Wildman–Crippen LogP) is 4.31. The third kappa shape index (κ3) is 7.42. The van der Waals surface area contributed by atoms with Crippen LogP contribution < -0.4 is 10.8 Å². The van der Waals surface area contributed by atoms with Crippen molar-refractivity contribution in [1.82, 2.24) is 15.4 Å². The van der Waals surface area contributed by atoms with Gasteiger partial charge in [-0.05, 0) is 55.7 Å². The summed E-state index contributed by atoms with van der Waals surface area (Å²) in [7, 11) is 0. The number of hydrogen-bond donors (Lipinski definition) is 2. The van der Waals surface area contributed by atoms with Crippen molar-refractivity contribution in [3.63, 3.8) is 0 Å². The molecule has 0 bridgehead atoms. The molecular formula is C25H35ClN4O4. The molecule has 186 valence electrons. The number of hydrogen-bond acceptors (Lipinski definition) is 6. The summed E-state index contributed by atoms with van der Waals surface area (Å²) < 4.78 is 5.41. The minimum atomic E-state index is -0.387. The fraction of sp³-hybridized carbons (Fsp3) is 0.640. The van der Waals surface area contributed by atoms with E-state index in [0.717, 1.165) is 32.2 Å². The molecule has 0 spiro atoms. The van der Waals surface area contributed by atoms with Crippen LogP contribution in [-0.2, 0) is 19.2 Å². The summed E-state index contributed by atoms with van der Waals surface area (Å²) in [5.41, 5.74) is 3.09. The standard InChI is InChI=1S/C25H35ClN4O4/c26-21-14-19(9-10-22(31)29-34-24-8-4-5-13-33-24)16-27-25(21)28-20-11-12-30(17-20)23(32)15-18-6-2-1-3-7-18/h9-10,14,16,18,20,24H,1-8,11-13,15,17H2,(H,27,28)(H,29,31)/b10-9+/t20-,24?/m1/s1. The molecule has 0 radical (unpaired) electrons. The largest absolute Gasteiger partial charge is 0.364 e. The van der Waals surface area contributed by atoms with Crippen LogP contribution in [-0.4, -0.2) is 53.7 Å². The lowest BCUT2D eigenvalue weighted by molar-refractivity contribution is -0.198. The third-order valence-electron chi connectivity index (χ3n) is 6.79. The van der Waals surface area contributed by atoms with Gasteiger partial charge < -0.3 is 15.0 Å². The van der Waals surface area contributed by atoms with Crippen LogP contribution in [0.1, 0.15) is 69.8 Å². The molecule has 2 saturated heterocycles. The highest BCUT2D eigenvalue weighted by molar-refractivity contribution is 6.33. The number of aromatic nitrogens is 1. The summed E-state index contributed by atoms with van der Waals surface area (Å²) in [4.78, 5) is 36.3. The molecule has 3 heterocycles. The number of amides is 2. The molecule has 1 aliphatic carbocycles.